The number of aldehydes is 1. The monoisotopic (exact) mass is 348 g/mol. The summed E-state index contributed by atoms with van der Waals surface area (Å²) in [5, 5.41) is 2.41. The van der Waals surface area contributed by atoms with Crippen molar-refractivity contribution in [3.05, 3.63) is 23.4 Å². The van der Waals surface area contributed by atoms with Gasteiger partial charge in [0.15, 0.2) is 5.58 Å². The average Bonchev–Trinajstić information content (AvgIpc) is 2.82. The number of hydrogen-bond acceptors (Lipinski definition) is 7. The van der Waals surface area contributed by atoms with Crippen molar-refractivity contribution in [2.24, 2.45) is 0 Å². The molecule has 0 saturated heterocycles. The van der Waals surface area contributed by atoms with Crippen LogP contribution >= 0.6 is 0 Å². The van der Waals surface area contributed by atoms with Crippen molar-refractivity contribution >= 4 is 35.3 Å². The van der Waals surface area contributed by atoms with Gasteiger partial charge in [0.2, 0.25) is 5.88 Å². The van der Waals surface area contributed by atoms with Crippen LogP contribution in [0.3, 0.4) is 0 Å². The van der Waals surface area contributed by atoms with E-state index in [1.165, 1.54) is 6.20 Å². The zero-order valence-corrected chi connectivity index (χ0v) is 14.5. The number of aromatic nitrogens is 1. The summed E-state index contributed by atoms with van der Waals surface area (Å²) >= 11 is 0. The predicted octanol–water partition coefficient (Wildman–Crippen LogP) is 3.09. The largest absolute Gasteiger partial charge is 0.462 e. The maximum absolute atomic E-state index is 12.2. The summed E-state index contributed by atoms with van der Waals surface area (Å²) in [5.74, 6) is -0.790. The number of nitrogens with zero attached hydrogens (tertiary/aromatic N) is 1. The number of carbonyl (C=O) groups excluding carboxylic acids is 3. The van der Waals surface area contributed by atoms with Crippen LogP contribution in [0.5, 0.6) is 0 Å². The number of amides is 1. The van der Waals surface area contributed by atoms with Gasteiger partial charge in [-0.25, -0.2) is 9.59 Å². The molecule has 1 amide bonds. The number of rotatable bonds is 5. The zero-order valence-electron chi connectivity index (χ0n) is 14.5. The molecule has 134 valence electrons. The Balaban J connectivity index is 2.45. The number of carbonyl (C=O) groups is 3. The molecular formula is C17H20N2O6. The lowest BCUT2D eigenvalue weighted by atomic mass is 10.2. The van der Waals surface area contributed by atoms with Crippen LogP contribution in [-0.4, -0.2) is 35.5 Å². The van der Waals surface area contributed by atoms with E-state index in [0.29, 0.717) is 5.56 Å². The van der Waals surface area contributed by atoms with Gasteiger partial charge in [0.05, 0.1) is 6.61 Å². The van der Waals surface area contributed by atoms with Crippen molar-refractivity contribution in [3.63, 3.8) is 0 Å². The number of fused-ring (bicyclic) bond motifs is 1. The third kappa shape index (κ3) is 4.56. The Labute approximate surface area is 144 Å². The molecule has 8 nitrogen and oxygen atoms in total. The number of pyridine rings is 1. The summed E-state index contributed by atoms with van der Waals surface area (Å²) < 4.78 is 15.7. The number of hydrogen-bond donors (Lipinski definition) is 1. The second-order valence-corrected chi connectivity index (χ2v) is 6.21. The van der Waals surface area contributed by atoms with E-state index in [-0.39, 0.29) is 35.6 Å². The molecule has 2 heterocycles. The van der Waals surface area contributed by atoms with Gasteiger partial charge in [0, 0.05) is 12.6 Å². The molecule has 0 aromatic carbocycles. The third-order valence-corrected chi connectivity index (χ3v) is 3.00. The lowest BCUT2D eigenvalue weighted by Crippen LogP contribution is -2.27. The fourth-order valence-corrected chi connectivity index (χ4v) is 2.10. The van der Waals surface area contributed by atoms with E-state index in [0.717, 1.165) is 6.29 Å². The normalized spacial score (nSPS) is 11.2. The van der Waals surface area contributed by atoms with Crippen molar-refractivity contribution in [2.75, 3.05) is 11.9 Å². The highest BCUT2D eigenvalue weighted by atomic mass is 16.6. The van der Waals surface area contributed by atoms with Crippen LogP contribution in [0.2, 0.25) is 0 Å². The van der Waals surface area contributed by atoms with Crippen molar-refractivity contribution in [1.29, 1.82) is 0 Å². The second kappa shape index (κ2) is 7.33. The standard InChI is InChI=1S/C17H20N2O6/c1-5-23-15(21)12-13-11(8-10(6-7-20)9-18-13)24-14(12)19-16(22)25-17(2,3)4/h7-9H,5-6H2,1-4H3,(H,19,22). The average molecular weight is 348 g/mol. The Morgan fingerprint density at radius 1 is 1.36 bits per heavy atom. The molecule has 25 heavy (non-hydrogen) atoms. The van der Waals surface area contributed by atoms with Gasteiger partial charge in [-0.2, -0.15) is 0 Å². The fourth-order valence-electron chi connectivity index (χ4n) is 2.10. The SMILES string of the molecule is CCOC(=O)c1c(NC(=O)OC(C)(C)C)oc2cc(CC=O)cnc12. The van der Waals surface area contributed by atoms with Gasteiger partial charge in [-0.05, 0) is 39.3 Å². The van der Waals surface area contributed by atoms with Crippen LogP contribution < -0.4 is 5.32 Å². The first kappa shape index (κ1) is 18.4. The van der Waals surface area contributed by atoms with Crippen molar-refractivity contribution in [1.82, 2.24) is 4.98 Å². The Morgan fingerprint density at radius 3 is 2.68 bits per heavy atom. The van der Waals surface area contributed by atoms with Crippen molar-refractivity contribution in [3.8, 4) is 0 Å². The maximum atomic E-state index is 12.2. The molecule has 2 rings (SSSR count). The van der Waals surface area contributed by atoms with Crippen molar-refractivity contribution in [2.45, 2.75) is 39.7 Å². The minimum atomic E-state index is -0.773. The van der Waals surface area contributed by atoms with Crippen LogP contribution in [0, 0.1) is 0 Å². The molecule has 0 unspecified atom stereocenters. The Hall–Kier alpha value is -2.90. The summed E-state index contributed by atoms with van der Waals surface area (Å²) in [6.45, 7) is 6.96. The van der Waals surface area contributed by atoms with Gasteiger partial charge in [0.1, 0.15) is 23.0 Å². The van der Waals surface area contributed by atoms with Crippen LogP contribution in [0.4, 0.5) is 10.7 Å². The van der Waals surface area contributed by atoms with E-state index in [1.807, 2.05) is 0 Å². The maximum Gasteiger partial charge on any atom is 0.414 e. The molecule has 0 radical (unpaired) electrons. The first-order valence-electron chi connectivity index (χ1n) is 7.77. The number of ether oxygens (including phenoxy) is 2. The molecule has 2 aromatic rings. The van der Waals surface area contributed by atoms with Gasteiger partial charge in [-0.15, -0.1) is 0 Å². The quantitative estimate of drug-likeness (QED) is 0.653. The van der Waals surface area contributed by atoms with E-state index >= 15 is 0 Å². The van der Waals surface area contributed by atoms with Crippen LogP contribution in [0.15, 0.2) is 16.7 Å². The number of esters is 1. The highest BCUT2D eigenvalue weighted by Crippen LogP contribution is 2.30. The minimum Gasteiger partial charge on any atom is -0.462 e. The van der Waals surface area contributed by atoms with E-state index < -0.39 is 17.7 Å². The van der Waals surface area contributed by atoms with E-state index in [9.17, 15) is 14.4 Å². The van der Waals surface area contributed by atoms with E-state index in [2.05, 4.69) is 10.3 Å². The molecule has 0 aliphatic rings. The van der Waals surface area contributed by atoms with Gasteiger partial charge in [0.25, 0.3) is 0 Å². The number of furan rings is 1. The summed E-state index contributed by atoms with van der Waals surface area (Å²) in [4.78, 5) is 39.1. The Morgan fingerprint density at radius 2 is 2.08 bits per heavy atom. The van der Waals surface area contributed by atoms with E-state index in [4.69, 9.17) is 13.9 Å². The van der Waals surface area contributed by atoms with Crippen LogP contribution in [0.25, 0.3) is 11.1 Å². The summed E-state index contributed by atoms with van der Waals surface area (Å²) in [6.07, 6.45) is 1.59. The molecule has 0 atom stereocenters. The van der Waals surface area contributed by atoms with Gasteiger partial charge in [-0.3, -0.25) is 10.3 Å². The molecule has 0 saturated carbocycles. The van der Waals surface area contributed by atoms with Crippen LogP contribution in [0.1, 0.15) is 43.6 Å². The van der Waals surface area contributed by atoms with Crippen LogP contribution in [-0.2, 0) is 20.7 Å². The molecule has 8 heteroatoms. The molecular weight excluding hydrogens is 328 g/mol. The second-order valence-electron chi connectivity index (χ2n) is 6.21. The van der Waals surface area contributed by atoms with Gasteiger partial charge in [-0.1, -0.05) is 0 Å². The summed E-state index contributed by atoms with van der Waals surface area (Å²) in [6, 6.07) is 1.58. The molecule has 0 fully saturated rings. The molecule has 0 bridgehead atoms. The lowest BCUT2D eigenvalue weighted by Gasteiger charge is -2.19. The molecule has 0 spiro atoms. The zero-order chi connectivity index (χ0) is 18.6. The minimum absolute atomic E-state index is 0.000335. The molecule has 0 aliphatic carbocycles. The predicted molar refractivity (Wildman–Crippen MR) is 89.6 cm³/mol. The first-order chi connectivity index (χ1) is 11.7. The highest BCUT2D eigenvalue weighted by Gasteiger charge is 2.26. The Bertz CT molecular complexity index is 803. The van der Waals surface area contributed by atoms with Gasteiger partial charge < -0.3 is 18.7 Å². The summed E-state index contributed by atoms with van der Waals surface area (Å²) in [5.41, 5.74) is 0.402. The smallest absolute Gasteiger partial charge is 0.414 e. The third-order valence-electron chi connectivity index (χ3n) is 3.00. The molecule has 0 aliphatic heterocycles. The summed E-state index contributed by atoms with van der Waals surface area (Å²) in [7, 11) is 0. The lowest BCUT2D eigenvalue weighted by molar-refractivity contribution is -0.107. The van der Waals surface area contributed by atoms with Crippen molar-refractivity contribution < 1.29 is 28.3 Å². The Kier molecular flexibility index (Phi) is 5.41. The fraction of sp³-hybridized carbons (Fsp3) is 0.412. The highest BCUT2D eigenvalue weighted by molar-refractivity contribution is 6.08. The topological polar surface area (TPSA) is 108 Å². The molecule has 2 aromatic heterocycles. The first-order valence-corrected chi connectivity index (χ1v) is 7.77. The molecule has 1 N–H and O–H groups in total. The number of anilines is 1. The number of nitrogens with one attached hydrogen (secondary N) is 1. The van der Waals surface area contributed by atoms with E-state index in [1.54, 1.807) is 33.8 Å². The van der Waals surface area contributed by atoms with Gasteiger partial charge >= 0.3 is 12.1 Å².